The van der Waals surface area contributed by atoms with Crippen LogP contribution in [0.1, 0.15) is 55.4 Å². The van der Waals surface area contributed by atoms with Crippen molar-refractivity contribution in [2.45, 2.75) is 64.0 Å². The number of fused-ring (bicyclic) bond motifs is 1. The highest BCUT2D eigenvalue weighted by Crippen LogP contribution is 2.31. The maximum atomic E-state index is 10.7. The first-order valence-corrected chi connectivity index (χ1v) is 11.6. The molecule has 0 fully saturated rings. The molecule has 0 unspecified atom stereocenters. The van der Waals surface area contributed by atoms with E-state index in [1.807, 2.05) is 6.07 Å². The molecule has 1 aliphatic rings. The molecule has 0 aromatic heterocycles. The zero-order valence-electron chi connectivity index (χ0n) is 19.5. The molecule has 6 nitrogen and oxygen atoms in total. The van der Waals surface area contributed by atoms with Crippen LogP contribution in [0.5, 0.6) is 5.75 Å². The normalized spacial score (nSPS) is 14.5. The molecular formula is C27H34N2O4. The first-order valence-electron chi connectivity index (χ1n) is 11.6. The van der Waals surface area contributed by atoms with E-state index in [9.17, 15) is 15.2 Å². The Labute approximate surface area is 196 Å². The molecule has 6 heteroatoms. The fourth-order valence-corrected chi connectivity index (χ4v) is 4.60. The van der Waals surface area contributed by atoms with Gasteiger partial charge in [0.05, 0.1) is 5.56 Å². The standard InChI is InChI=1S/C27H34N2O4/c1-27(2,15-20-12-21-7-3-4-8-22(21)13-20)29-17-24(30)18-33-25-14-19(6-5-9-26(31)32)10-11-23(25)16-28/h3-4,7-8,10-11,14,20,24,29-30H,5-6,9,12-13,15,17-18H2,1-2H3,(H,31,32)/t24-/m1/s1. The van der Waals surface area contributed by atoms with Crippen LogP contribution in [0.25, 0.3) is 0 Å². The zero-order chi connectivity index (χ0) is 23.8. The van der Waals surface area contributed by atoms with Gasteiger partial charge in [-0.1, -0.05) is 30.3 Å². The fraction of sp³-hybridized carbons (Fsp3) is 0.481. The average molecular weight is 451 g/mol. The lowest BCUT2D eigenvalue weighted by molar-refractivity contribution is -0.137. The summed E-state index contributed by atoms with van der Waals surface area (Å²) in [5.74, 6) is 0.198. The van der Waals surface area contributed by atoms with Crippen LogP contribution < -0.4 is 10.1 Å². The Bertz CT molecular complexity index is 971. The molecule has 0 heterocycles. The number of β-amino-alcohol motifs (C(OH)–C–C–N with tert-alkyl or cyclic N) is 1. The van der Waals surface area contributed by atoms with Crippen molar-refractivity contribution in [1.82, 2.24) is 5.32 Å². The van der Waals surface area contributed by atoms with Crippen LogP contribution in [0.3, 0.4) is 0 Å². The van der Waals surface area contributed by atoms with Crippen LogP contribution in [0.4, 0.5) is 0 Å². The van der Waals surface area contributed by atoms with Gasteiger partial charge in [0.2, 0.25) is 0 Å². The monoisotopic (exact) mass is 450 g/mol. The summed E-state index contributed by atoms with van der Waals surface area (Å²) in [4.78, 5) is 10.7. The number of aliphatic carboxylic acids is 1. The summed E-state index contributed by atoms with van der Waals surface area (Å²) in [6.07, 6.45) is 3.73. The van der Waals surface area contributed by atoms with Gasteiger partial charge in [0.25, 0.3) is 0 Å². The number of carboxylic acids is 1. The van der Waals surface area contributed by atoms with Crippen molar-refractivity contribution >= 4 is 5.97 Å². The van der Waals surface area contributed by atoms with Gasteiger partial charge in [0.15, 0.2) is 0 Å². The number of carbonyl (C=O) groups is 1. The maximum absolute atomic E-state index is 10.7. The number of aryl methyl sites for hydroxylation is 1. The molecule has 1 aliphatic carbocycles. The molecule has 2 aromatic carbocycles. The summed E-state index contributed by atoms with van der Waals surface area (Å²) >= 11 is 0. The van der Waals surface area contributed by atoms with Crippen molar-refractivity contribution in [2.24, 2.45) is 5.92 Å². The molecule has 0 aliphatic heterocycles. The highest BCUT2D eigenvalue weighted by Gasteiger charge is 2.28. The van der Waals surface area contributed by atoms with E-state index >= 15 is 0 Å². The van der Waals surface area contributed by atoms with Crippen molar-refractivity contribution in [3.8, 4) is 11.8 Å². The largest absolute Gasteiger partial charge is 0.489 e. The van der Waals surface area contributed by atoms with Gasteiger partial charge in [0, 0.05) is 18.5 Å². The van der Waals surface area contributed by atoms with Gasteiger partial charge < -0.3 is 20.3 Å². The second-order valence-corrected chi connectivity index (χ2v) is 9.67. The molecule has 176 valence electrons. The lowest BCUT2D eigenvalue weighted by Crippen LogP contribution is -2.46. The summed E-state index contributed by atoms with van der Waals surface area (Å²) < 4.78 is 5.77. The van der Waals surface area contributed by atoms with E-state index in [1.165, 1.54) is 11.1 Å². The molecule has 0 bridgehead atoms. The number of aliphatic hydroxyl groups excluding tert-OH is 1. The van der Waals surface area contributed by atoms with Crippen LogP contribution in [-0.2, 0) is 24.1 Å². The Balaban J connectivity index is 1.46. The topological polar surface area (TPSA) is 103 Å². The molecule has 0 saturated carbocycles. The fourth-order valence-electron chi connectivity index (χ4n) is 4.60. The summed E-state index contributed by atoms with van der Waals surface area (Å²) in [6.45, 7) is 4.80. The van der Waals surface area contributed by atoms with Gasteiger partial charge in [-0.25, -0.2) is 0 Å². The van der Waals surface area contributed by atoms with Crippen molar-refractivity contribution < 1.29 is 19.7 Å². The number of aliphatic hydroxyl groups is 1. The molecule has 33 heavy (non-hydrogen) atoms. The molecule has 1 atom stereocenters. The van der Waals surface area contributed by atoms with E-state index in [4.69, 9.17) is 9.84 Å². The van der Waals surface area contributed by atoms with Gasteiger partial charge in [-0.05, 0) is 80.7 Å². The van der Waals surface area contributed by atoms with Crippen LogP contribution in [0, 0.1) is 17.2 Å². The SMILES string of the molecule is CC(C)(CC1Cc2ccccc2C1)NC[C@@H](O)COc1cc(CCCC(=O)O)ccc1C#N. The number of rotatable bonds is 12. The highest BCUT2D eigenvalue weighted by atomic mass is 16.5. The predicted octanol–water partition coefficient (Wildman–Crippen LogP) is 3.88. The van der Waals surface area contributed by atoms with Crippen molar-refractivity contribution in [1.29, 1.82) is 5.26 Å². The van der Waals surface area contributed by atoms with E-state index in [-0.39, 0.29) is 18.6 Å². The van der Waals surface area contributed by atoms with Crippen LogP contribution >= 0.6 is 0 Å². The number of carboxylic acid groups (broad SMARTS) is 1. The summed E-state index contributed by atoms with van der Waals surface area (Å²) in [5, 5.41) is 32.1. The molecule has 0 amide bonds. The molecule has 3 rings (SSSR count). The van der Waals surface area contributed by atoms with Crippen LogP contribution in [0.2, 0.25) is 0 Å². The molecule has 0 spiro atoms. The van der Waals surface area contributed by atoms with Gasteiger partial charge in [-0.3, -0.25) is 4.79 Å². The molecule has 3 N–H and O–H groups in total. The smallest absolute Gasteiger partial charge is 0.303 e. The minimum absolute atomic E-state index is 0.0746. The number of nitriles is 1. The van der Waals surface area contributed by atoms with Crippen LogP contribution in [-0.4, -0.2) is 41.0 Å². The van der Waals surface area contributed by atoms with Gasteiger partial charge in [0.1, 0.15) is 24.5 Å². The third kappa shape index (κ3) is 7.59. The number of hydrogen-bond donors (Lipinski definition) is 3. The van der Waals surface area contributed by atoms with Gasteiger partial charge >= 0.3 is 5.97 Å². The van der Waals surface area contributed by atoms with Crippen molar-refractivity contribution in [2.75, 3.05) is 13.2 Å². The van der Waals surface area contributed by atoms with E-state index in [1.54, 1.807) is 12.1 Å². The minimum atomic E-state index is -0.823. The van der Waals surface area contributed by atoms with Crippen molar-refractivity contribution in [3.63, 3.8) is 0 Å². The van der Waals surface area contributed by atoms with Gasteiger partial charge in [-0.2, -0.15) is 5.26 Å². The second-order valence-electron chi connectivity index (χ2n) is 9.67. The van der Waals surface area contributed by atoms with E-state index in [0.29, 0.717) is 36.6 Å². The van der Waals surface area contributed by atoms with Crippen molar-refractivity contribution in [3.05, 3.63) is 64.7 Å². The molecule has 2 aromatic rings. The predicted molar refractivity (Wildman–Crippen MR) is 127 cm³/mol. The average Bonchev–Trinajstić information content (AvgIpc) is 3.17. The summed E-state index contributed by atoms with van der Waals surface area (Å²) in [7, 11) is 0. The first kappa shape index (κ1) is 24.8. The lowest BCUT2D eigenvalue weighted by atomic mass is 9.88. The van der Waals surface area contributed by atoms with E-state index in [2.05, 4.69) is 49.5 Å². The first-order chi connectivity index (χ1) is 15.8. The van der Waals surface area contributed by atoms with Crippen LogP contribution in [0.15, 0.2) is 42.5 Å². The lowest BCUT2D eigenvalue weighted by Gasteiger charge is -2.30. The zero-order valence-corrected chi connectivity index (χ0v) is 19.5. The minimum Gasteiger partial charge on any atom is -0.489 e. The molecular weight excluding hydrogens is 416 g/mol. The van der Waals surface area contributed by atoms with Gasteiger partial charge in [-0.15, -0.1) is 0 Å². The molecule has 0 saturated heterocycles. The number of nitrogens with zero attached hydrogens (tertiary/aromatic N) is 1. The number of hydrogen-bond acceptors (Lipinski definition) is 5. The Hall–Kier alpha value is -2.88. The number of benzene rings is 2. The second kappa shape index (κ2) is 11.3. The Morgan fingerprint density at radius 1 is 1.24 bits per heavy atom. The Morgan fingerprint density at radius 2 is 1.94 bits per heavy atom. The Morgan fingerprint density at radius 3 is 2.58 bits per heavy atom. The van der Waals surface area contributed by atoms with E-state index < -0.39 is 12.1 Å². The molecule has 0 radical (unpaired) electrons. The summed E-state index contributed by atoms with van der Waals surface area (Å²) in [6, 6.07) is 16.0. The third-order valence-electron chi connectivity index (χ3n) is 6.20. The maximum Gasteiger partial charge on any atom is 0.303 e. The number of ether oxygens (including phenoxy) is 1. The third-order valence-corrected chi connectivity index (χ3v) is 6.20. The summed E-state index contributed by atoms with van der Waals surface area (Å²) in [5.41, 5.74) is 4.10. The number of nitrogens with one attached hydrogen (secondary N) is 1. The highest BCUT2D eigenvalue weighted by molar-refractivity contribution is 5.66. The quantitative estimate of drug-likeness (QED) is 0.454. The Kier molecular flexibility index (Phi) is 8.49. The van der Waals surface area contributed by atoms with E-state index in [0.717, 1.165) is 24.8 Å².